The quantitative estimate of drug-likeness (QED) is 0.737. The van der Waals surface area contributed by atoms with Crippen LogP contribution in [0.3, 0.4) is 0 Å². The largest absolute Gasteiger partial charge is 0.311 e. The van der Waals surface area contributed by atoms with E-state index in [1.165, 1.54) is 12.8 Å². The second kappa shape index (κ2) is 7.77. The highest BCUT2D eigenvalue weighted by Gasteiger charge is 2.11. The number of halogens is 1. The number of nitrogens with zero attached hydrogens (tertiary/aromatic N) is 3. The first-order chi connectivity index (χ1) is 8.56. The van der Waals surface area contributed by atoms with Gasteiger partial charge in [0.2, 0.25) is 0 Å². The molecule has 1 N–H and O–H groups in total. The van der Waals surface area contributed by atoms with Gasteiger partial charge in [-0.1, -0.05) is 11.6 Å². The molecule has 0 aliphatic carbocycles. The Labute approximate surface area is 115 Å². The summed E-state index contributed by atoms with van der Waals surface area (Å²) >= 11 is 6.24. The van der Waals surface area contributed by atoms with Crippen LogP contribution < -0.4 is 5.32 Å². The van der Waals surface area contributed by atoms with Gasteiger partial charge in [0.15, 0.2) is 0 Å². The van der Waals surface area contributed by atoms with Gasteiger partial charge in [0.05, 0.1) is 16.4 Å². The molecule has 1 aromatic heterocycles. The van der Waals surface area contributed by atoms with Crippen molar-refractivity contribution in [3.8, 4) is 0 Å². The summed E-state index contributed by atoms with van der Waals surface area (Å²) in [5.74, 6) is 0. The molecule has 0 bridgehead atoms. The van der Waals surface area contributed by atoms with E-state index < -0.39 is 0 Å². The maximum absolute atomic E-state index is 6.24. The van der Waals surface area contributed by atoms with Gasteiger partial charge in [-0.3, -0.25) is 4.68 Å². The summed E-state index contributed by atoms with van der Waals surface area (Å²) in [6.45, 7) is 7.88. The smallest absolute Gasteiger partial charge is 0.0860 e. The zero-order valence-electron chi connectivity index (χ0n) is 12.0. The summed E-state index contributed by atoms with van der Waals surface area (Å²) in [6, 6.07) is 0. The van der Waals surface area contributed by atoms with Crippen LogP contribution in [0.15, 0.2) is 0 Å². The summed E-state index contributed by atoms with van der Waals surface area (Å²) in [5.41, 5.74) is 2.02. The van der Waals surface area contributed by atoms with Crippen LogP contribution in [0.1, 0.15) is 31.2 Å². The topological polar surface area (TPSA) is 33.1 Å². The van der Waals surface area contributed by atoms with Crippen LogP contribution in [0.4, 0.5) is 0 Å². The third-order valence-electron chi connectivity index (χ3n) is 2.95. The zero-order chi connectivity index (χ0) is 13.5. The number of rotatable bonds is 8. The normalized spacial score (nSPS) is 11.4. The lowest BCUT2D eigenvalue weighted by molar-refractivity contribution is 0.391. The van der Waals surface area contributed by atoms with E-state index in [9.17, 15) is 0 Å². The monoisotopic (exact) mass is 272 g/mol. The van der Waals surface area contributed by atoms with E-state index in [-0.39, 0.29) is 0 Å². The summed E-state index contributed by atoms with van der Waals surface area (Å²) in [4.78, 5) is 2.21. The summed E-state index contributed by atoms with van der Waals surface area (Å²) in [6.07, 6.45) is 2.41. The van der Waals surface area contributed by atoms with Crippen molar-refractivity contribution in [2.45, 2.75) is 39.8 Å². The van der Waals surface area contributed by atoms with Crippen LogP contribution in [-0.2, 0) is 13.1 Å². The predicted molar refractivity (Wildman–Crippen MR) is 77.1 cm³/mol. The van der Waals surface area contributed by atoms with Crippen LogP contribution in [0.2, 0.25) is 5.02 Å². The van der Waals surface area contributed by atoms with Gasteiger partial charge in [0.25, 0.3) is 0 Å². The molecule has 0 radical (unpaired) electrons. The van der Waals surface area contributed by atoms with Crippen LogP contribution in [-0.4, -0.2) is 41.9 Å². The number of nitrogens with one attached hydrogen (secondary N) is 1. The summed E-state index contributed by atoms with van der Waals surface area (Å²) in [5, 5.41) is 8.65. The van der Waals surface area contributed by atoms with Crippen molar-refractivity contribution < 1.29 is 0 Å². The average Bonchev–Trinajstić information content (AvgIpc) is 2.60. The van der Waals surface area contributed by atoms with Crippen molar-refractivity contribution in [3.05, 3.63) is 16.4 Å². The van der Waals surface area contributed by atoms with Crippen LogP contribution in [0, 0.1) is 6.92 Å². The Bertz CT molecular complexity index is 360. The van der Waals surface area contributed by atoms with E-state index in [2.05, 4.69) is 36.3 Å². The predicted octanol–water partition coefficient (Wildman–Crippen LogP) is 2.30. The van der Waals surface area contributed by atoms with E-state index in [0.717, 1.165) is 42.6 Å². The van der Waals surface area contributed by atoms with E-state index in [1.54, 1.807) is 0 Å². The van der Waals surface area contributed by atoms with Gasteiger partial charge >= 0.3 is 0 Å². The molecule has 0 saturated heterocycles. The Morgan fingerprint density at radius 1 is 1.33 bits per heavy atom. The van der Waals surface area contributed by atoms with Gasteiger partial charge in [-0.25, -0.2) is 0 Å². The lowest BCUT2D eigenvalue weighted by atomic mass is 10.3. The number of hydrogen-bond donors (Lipinski definition) is 1. The van der Waals surface area contributed by atoms with Crippen molar-refractivity contribution >= 4 is 11.6 Å². The lowest BCUT2D eigenvalue weighted by Crippen LogP contribution is -2.20. The highest BCUT2D eigenvalue weighted by Crippen LogP contribution is 2.19. The minimum Gasteiger partial charge on any atom is -0.311 e. The molecule has 5 heteroatoms. The van der Waals surface area contributed by atoms with Crippen molar-refractivity contribution in [1.82, 2.24) is 20.0 Å². The number of aromatic nitrogens is 2. The molecular weight excluding hydrogens is 248 g/mol. The molecule has 1 aromatic rings. The molecule has 0 aliphatic heterocycles. The van der Waals surface area contributed by atoms with Gasteiger partial charge in [0, 0.05) is 13.1 Å². The van der Waals surface area contributed by atoms with Gasteiger partial charge in [-0.05, 0) is 53.9 Å². The highest BCUT2D eigenvalue weighted by molar-refractivity contribution is 6.31. The minimum atomic E-state index is 0.801. The molecule has 4 nitrogen and oxygen atoms in total. The van der Waals surface area contributed by atoms with Crippen LogP contribution in [0.5, 0.6) is 0 Å². The second-order valence-corrected chi connectivity index (χ2v) is 5.23. The molecule has 0 atom stereocenters. The first-order valence-corrected chi connectivity index (χ1v) is 7.01. The number of hydrogen-bond acceptors (Lipinski definition) is 3. The van der Waals surface area contributed by atoms with E-state index in [4.69, 9.17) is 11.6 Å². The first-order valence-electron chi connectivity index (χ1n) is 6.63. The zero-order valence-corrected chi connectivity index (χ0v) is 12.7. The van der Waals surface area contributed by atoms with Crippen molar-refractivity contribution in [2.24, 2.45) is 0 Å². The minimum absolute atomic E-state index is 0.801. The SMILES string of the molecule is CCn1nc(C)c(Cl)c1CNCCCCN(C)C. The molecular formula is C13H25ClN4. The Morgan fingerprint density at radius 2 is 2.06 bits per heavy atom. The molecule has 1 rings (SSSR count). The second-order valence-electron chi connectivity index (χ2n) is 4.85. The van der Waals surface area contributed by atoms with E-state index in [1.807, 2.05) is 11.6 Å². The summed E-state index contributed by atoms with van der Waals surface area (Å²) < 4.78 is 1.98. The van der Waals surface area contributed by atoms with Crippen molar-refractivity contribution in [3.63, 3.8) is 0 Å². The molecule has 18 heavy (non-hydrogen) atoms. The molecule has 0 saturated carbocycles. The molecule has 0 aliphatic rings. The Morgan fingerprint density at radius 3 is 2.67 bits per heavy atom. The molecule has 0 unspecified atom stereocenters. The van der Waals surface area contributed by atoms with E-state index in [0.29, 0.717) is 0 Å². The third-order valence-corrected chi connectivity index (χ3v) is 3.45. The number of aryl methyl sites for hydroxylation is 2. The third kappa shape index (κ3) is 4.59. The maximum atomic E-state index is 6.24. The first kappa shape index (κ1) is 15.5. The van der Waals surface area contributed by atoms with Gasteiger partial charge in [0.1, 0.15) is 0 Å². The fourth-order valence-corrected chi connectivity index (χ4v) is 2.12. The lowest BCUT2D eigenvalue weighted by Gasteiger charge is -2.10. The molecule has 0 amide bonds. The van der Waals surface area contributed by atoms with Crippen molar-refractivity contribution in [2.75, 3.05) is 27.2 Å². The highest BCUT2D eigenvalue weighted by atomic mass is 35.5. The van der Waals surface area contributed by atoms with Gasteiger partial charge in [-0.15, -0.1) is 0 Å². The Hall–Kier alpha value is -0.580. The summed E-state index contributed by atoms with van der Waals surface area (Å²) in [7, 11) is 4.21. The van der Waals surface area contributed by atoms with E-state index >= 15 is 0 Å². The molecule has 0 fully saturated rings. The van der Waals surface area contributed by atoms with Crippen LogP contribution in [0.25, 0.3) is 0 Å². The number of unbranched alkanes of at least 4 members (excludes halogenated alkanes) is 1. The van der Waals surface area contributed by atoms with Crippen molar-refractivity contribution in [1.29, 1.82) is 0 Å². The fourth-order valence-electron chi connectivity index (χ4n) is 1.92. The molecule has 1 heterocycles. The molecule has 104 valence electrons. The van der Waals surface area contributed by atoms with Crippen LogP contribution >= 0.6 is 11.6 Å². The standard InChI is InChI=1S/C13H25ClN4/c1-5-18-12(13(14)11(2)16-18)10-15-8-6-7-9-17(3)4/h15H,5-10H2,1-4H3. The molecule has 0 spiro atoms. The molecule has 0 aromatic carbocycles. The Kier molecular flexibility index (Phi) is 6.68. The average molecular weight is 273 g/mol. The fraction of sp³-hybridized carbons (Fsp3) is 0.769. The van der Waals surface area contributed by atoms with Gasteiger partial charge < -0.3 is 10.2 Å². The van der Waals surface area contributed by atoms with Gasteiger partial charge in [-0.2, -0.15) is 5.10 Å². The maximum Gasteiger partial charge on any atom is 0.0860 e. The Balaban J connectivity index is 2.31.